The molecule has 0 aromatic heterocycles. The van der Waals surface area contributed by atoms with Gasteiger partial charge in [0.1, 0.15) is 11.6 Å². The maximum Gasteiger partial charge on any atom is 0.126 e. The Labute approximate surface area is 111 Å². The number of ether oxygens (including phenoxy) is 1. The van der Waals surface area contributed by atoms with E-state index in [4.69, 9.17) is 10.5 Å². The monoisotopic (exact) mass is 271 g/mol. The Bertz CT molecular complexity index is 409. The van der Waals surface area contributed by atoms with Crippen LogP contribution < -0.4 is 5.73 Å². The summed E-state index contributed by atoms with van der Waals surface area (Å²) in [5, 5.41) is 9.69. The molecule has 0 radical (unpaired) electrons. The molecule has 5 heteroatoms. The molecule has 2 unspecified atom stereocenters. The van der Waals surface area contributed by atoms with Gasteiger partial charge < -0.3 is 15.6 Å². The van der Waals surface area contributed by atoms with Crippen LogP contribution in [-0.4, -0.2) is 31.0 Å². The van der Waals surface area contributed by atoms with E-state index in [9.17, 15) is 13.9 Å². The maximum atomic E-state index is 13.4. The lowest BCUT2D eigenvalue weighted by molar-refractivity contribution is 0.0655. The van der Waals surface area contributed by atoms with Crippen LogP contribution in [0.3, 0.4) is 0 Å². The zero-order valence-corrected chi connectivity index (χ0v) is 10.7. The normalized spacial score (nSPS) is 22.4. The highest BCUT2D eigenvalue weighted by molar-refractivity contribution is 5.28. The lowest BCUT2D eigenvalue weighted by Gasteiger charge is -2.33. The molecule has 2 atom stereocenters. The van der Waals surface area contributed by atoms with E-state index in [0.29, 0.717) is 18.6 Å². The first-order valence-corrected chi connectivity index (χ1v) is 6.49. The van der Waals surface area contributed by atoms with Gasteiger partial charge in [-0.1, -0.05) is 0 Å². The summed E-state index contributed by atoms with van der Waals surface area (Å²) in [4.78, 5) is 0. The van der Waals surface area contributed by atoms with Gasteiger partial charge in [-0.2, -0.15) is 0 Å². The van der Waals surface area contributed by atoms with Crippen molar-refractivity contribution in [3.05, 3.63) is 35.4 Å². The van der Waals surface area contributed by atoms with E-state index in [0.717, 1.165) is 18.9 Å². The van der Waals surface area contributed by atoms with Gasteiger partial charge in [0.25, 0.3) is 0 Å². The van der Waals surface area contributed by atoms with Crippen molar-refractivity contribution in [1.29, 1.82) is 0 Å². The summed E-state index contributed by atoms with van der Waals surface area (Å²) >= 11 is 0. The molecule has 1 aromatic carbocycles. The van der Waals surface area contributed by atoms with Crippen molar-refractivity contribution in [2.75, 3.05) is 19.8 Å². The SMILES string of the molecule is NCC(CO)(CC1CCCO1)c1cc(F)cc(F)c1. The number of benzene rings is 1. The zero-order valence-electron chi connectivity index (χ0n) is 10.7. The van der Waals surface area contributed by atoms with Crippen molar-refractivity contribution in [3.63, 3.8) is 0 Å². The van der Waals surface area contributed by atoms with Crippen LogP contribution in [0.25, 0.3) is 0 Å². The first-order valence-electron chi connectivity index (χ1n) is 6.49. The fourth-order valence-electron chi connectivity index (χ4n) is 2.64. The van der Waals surface area contributed by atoms with E-state index in [1.54, 1.807) is 0 Å². The Balaban J connectivity index is 2.30. The third kappa shape index (κ3) is 3.11. The van der Waals surface area contributed by atoms with E-state index in [1.165, 1.54) is 12.1 Å². The van der Waals surface area contributed by atoms with Gasteiger partial charge in [-0.3, -0.25) is 0 Å². The second kappa shape index (κ2) is 5.94. The number of aliphatic hydroxyl groups excluding tert-OH is 1. The molecule has 19 heavy (non-hydrogen) atoms. The minimum atomic E-state index is -0.849. The Morgan fingerprint density at radius 2 is 2.00 bits per heavy atom. The Hall–Kier alpha value is -1.04. The largest absolute Gasteiger partial charge is 0.395 e. The van der Waals surface area contributed by atoms with Crippen LogP contribution in [0.4, 0.5) is 8.78 Å². The first kappa shape index (κ1) is 14.4. The molecule has 106 valence electrons. The predicted molar refractivity (Wildman–Crippen MR) is 67.8 cm³/mol. The summed E-state index contributed by atoms with van der Waals surface area (Å²) < 4.78 is 32.2. The number of hydrogen-bond donors (Lipinski definition) is 2. The van der Waals surface area contributed by atoms with Crippen LogP contribution in [-0.2, 0) is 10.2 Å². The highest BCUT2D eigenvalue weighted by atomic mass is 19.1. The average molecular weight is 271 g/mol. The molecule has 1 saturated heterocycles. The Morgan fingerprint density at radius 3 is 2.47 bits per heavy atom. The number of rotatable bonds is 5. The second-order valence-electron chi connectivity index (χ2n) is 5.14. The molecule has 0 amide bonds. The molecule has 1 aromatic rings. The van der Waals surface area contributed by atoms with E-state index >= 15 is 0 Å². The fourth-order valence-corrected chi connectivity index (χ4v) is 2.64. The van der Waals surface area contributed by atoms with Crippen molar-refractivity contribution in [1.82, 2.24) is 0 Å². The lowest BCUT2D eigenvalue weighted by atomic mass is 9.76. The van der Waals surface area contributed by atoms with Crippen LogP contribution in [0.5, 0.6) is 0 Å². The van der Waals surface area contributed by atoms with Crippen molar-refractivity contribution >= 4 is 0 Å². The molecule has 2 rings (SSSR count). The zero-order chi connectivity index (χ0) is 13.9. The third-order valence-electron chi connectivity index (χ3n) is 3.81. The summed E-state index contributed by atoms with van der Waals surface area (Å²) in [6.07, 6.45) is 2.32. The van der Waals surface area contributed by atoms with E-state index in [2.05, 4.69) is 0 Å². The summed E-state index contributed by atoms with van der Waals surface area (Å²) in [7, 11) is 0. The van der Waals surface area contributed by atoms with Gasteiger partial charge in [0.05, 0.1) is 12.7 Å². The van der Waals surface area contributed by atoms with E-state index in [-0.39, 0.29) is 19.3 Å². The minimum Gasteiger partial charge on any atom is -0.395 e. The predicted octanol–water partition coefficient (Wildman–Crippen LogP) is 1.72. The van der Waals surface area contributed by atoms with Gasteiger partial charge in [-0.25, -0.2) is 8.78 Å². The van der Waals surface area contributed by atoms with Gasteiger partial charge in [0.15, 0.2) is 0 Å². The molecular formula is C14H19F2NO2. The minimum absolute atomic E-state index is 0.0120. The average Bonchev–Trinajstić information content (AvgIpc) is 2.87. The van der Waals surface area contributed by atoms with Gasteiger partial charge in [0, 0.05) is 24.6 Å². The van der Waals surface area contributed by atoms with Gasteiger partial charge in [-0.15, -0.1) is 0 Å². The molecule has 1 aliphatic heterocycles. The molecule has 0 saturated carbocycles. The summed E-state index contributed by atoms with van der Waals surface area (Å²) in [5.74, 6) is -1.32. The maximum absolute atomic E-state index is 13.4. The summed E-state index contributed by atoms with van der Waals surface area (Å²) in [5.41, 5.74) is 5.31. The number of hydrogen-bond acceptors (Lipinski definition) is 3. The van der Waals surface area contributed by atoms with Crippen LogP contribution >= 0.6 is 0 Å². The van der Waals surface area contributed by atoms with Crippen molar-refractivity contribution < 1.29 is 18.6 Å². The number of halogens is 2. The Kier molecular flexibility index (Phi) is 4.50. The fraction of sp³-hybridized carbons (Fsp3) is 0.571. The van der Waals surface area contributed by atoms with Gasteiger partial charge in [0.2, 0.25) is 0 Å². The molecule has 1 heterocycles. The number of aliphatic hydroxyl groups is 1. The van der Waals surface area contributed by atoms with Crippen LogP contribution in [0.15, 0.2) is 18.2 Å². The van der Waals surface area contributed by atoms with E-state index < -0.39 is 17.0 Å². The first-order chi connectivity index (χ1) is 9.09. The van der Waals surface area contributed by atoms with Gasteiger partial charge in [-0.05, 0) is 37.0 Å². The van der Waals surface area contributed by atoms with E-state index in [1.807, 2.05) is 0 Å². The van der Waals surface area contributed by atoms with Gasteiger partial charge >= 0.3 is 0 Å². The van der Waals surface area contributed by atoms with Crippen LogP contribution in [0.2, 0.25) is 0 Å². The quantitative estimate of drug-likeness (QED) is 0.857. The molecule has 3 N–H and O–H groups in total. The molecular weight excluding hydrogens is 252 g/mol. The molecule has 1 fully saturated rings. The smallest absolute Gasteiger partial charge is 0.126 e. The van der Waals surface area contributed by atoms with Crippen molar-refractivity contribution in [2.45, 2.75) is 30.8 Å². The van der Waals surface area contributed by atoms with Crippen LogP contribution in [0.1, 0.15) is 24.8 Å². The third-order valence-corrected chi connectivity index (χ3v) is 3.81. The summed E-state index contributed by atoms with van der Waals surface area (Å²) in [6.45, 7) is 0.548. The lowest BCUT2D eigenvalue weighted by Crippen LogP contribution is -2.42. The molecule has 0 spiro atoms. The second-order valence-corrected chi connectivity index (χ2v) is 5.14. The molecule has 1 aliphatic rings. The molecule has 3 nitrogen and oxygen atoms in total. The standard InChI is InChI=1S/C14H19F2NO2/c15-11-4-10(5-12(16)6-11)14(8-17,9-18)7-13-2-1-3-19-13/h4-6,13,18H,1-3,7-9,17H2. The molecule has 0 aliphatic carbocycles. The highest BCUT2D eigenvalue weighted by Crippen LogP contribution is 2.33. The highest BCUT2D eigenvalue weighted by Gasteiger charge is 2.35. The molecule has 0 bridgehead atoms. The summed E-state index contributed by atoms with van der Waals surface area (Å²) in [6, 6.07) is 3.29. The Morgan fingerprint density at radius 1 is 1.32 bits per heavy atom. The van der Waals surface area contributed by atoms with Crippen molar-refractivity contribution in [2.24, 2.45) is 5.73 Å². The van der Waals surface area contributed by atoms with Crippen LogP contribution in [0, 0.1) is 11.6 Å². The topological polar surface area (TPSA) is 55.5 Å². The van der Waals surface area contributed by atoms with Crippen molar-refractivity contribution in [3.8, 4) is 0 Å². The number of nitrogens with two attached hydrogens (primary N) is 1.